The Bertz CT molecular complexity index is 547. The van der Waals surface area contributed by atoms with Crippen molar-refractivity contribution in [2.75, 3.05) is 26.7 Å². The molecule has 0 aliphatic carbocycles. The molecule has 5 nitrogen and oxygen atoms in total. The van der Waals surface area contributed by atoms with Crippen LogP contribution in [0.2, 0.25) is 0 Å². The summed E-state index contributed by atoms with van der Waals surface area (Å²) in [7, 11) is 1.75. The van der Waals surface area contributed by atoms with Crippen LogP contribution >= 0.6 is 12.2 Å². The monoisotopic (exact) mass is 305 g/mol. The maximum atomic E-state index is 12.7. The van der Waals surface area contributed by atoms with E-state index in [-0.39, 0.29) is 23.3 Å². The van der Waals surface area contributed by atoms with Crippen LogP contribution in [0.15, 0.2) is 30.3 Å². The summed E-state index contributed by atoms with van der Waals surface area (Å²) in [4.78, 5) is 28.0. The van der Waals surface area contributed by atoms with Gasteiger partial charge in [-0.15, -0.1) is 0 Å². The molecule has 0 radical (unpaired) electrons. The van der Waals surface area contributed by atoms with Crippen LogP contribution in [0.1, 0.15) is 17.9 Å². The van der Waals surface area contributed by atoms with Crippen LogP contribution in [0, 0.1) is 0 Å². The fourth-order valence-corrected chi connectivity index (χ4v) is 2.67. The van der Waals surface area contributed by atoms with Gasteiger partial charge in [-0.2, -0.15) is 0 Å². The number of amides is 2. The standard InChI is InChI=1S/C15H19N3O2S/c1-17-8-5-9-18(10-12(17)19)15(20)13(14(16)21)11-6-3-2-4-7-11/h2-4,6-7,13H,5,8-10H2,1H3,(H2,16,21). The van der Waals surface area contributed by atoms with E-state index in [2.05, 4.69) is 0 Å². The molecule has 6 heteroatoms. The summed E-state index contributed by atoms with van der Waals surface area (Å²) in [5, 5.41) is 0. The van der Waals surface area contributed by atoms with E-state index in [1.165, 1.54) is 0 Å². The molecule has 0 spiro atoms. The lowest BCUT2D eigenvalue weighted by Crippen LogP contribution is -2.43. The average Bonchev–Trinajstić information content (AvgIpc) is 2.62. The number of likely N-dealkylation sites (N-methyl/N-ethyl adjacent to an activating group) is 1. The van der Waals surface area contributed by atoms with Crippen LogP contribution in [0.25, 0.3) is 0 Å². The summed E-state index contributed by atoms with van der Waals surface area (Å²) >= 11 is 5.07. The number of nitrogens with two attached hydrogens (primary N) is 1. The quantitative estimate of drug-likeness (QED) is 0.837. The van der Waals surface area contributed by atoms with Gasteiger partial charge in [-0.1, -0.05) is 42.5 Å². The lowest BCUT2D eigenvalue weighted by molar-refractivity contribution is -0.138. The van der Waals surface area contributed by atoms with Crippen molar-refractivity contribution < 1.29 is 9.59 Å². The SMILES string of the molecule is CN1CCCN(C(=O)C(C(N)=S)c2ccccc2)CC1=O. The smallest absolute Gasteiger partial charge is 0.241 e. The number of hydrogen-bond donors (Lipinski definition) is 1. The third kappa shape index (κ3) is 3.58. The van der Waals surface area contributed by atoms with Crippen molar-refractivity contribution in [3.63, 3.8) is 0 Å². The molecule has 1 saturated heterocycles. The third-order valence-electron chi connectivity index (χ3n) is 3.65. The molecule has 2 rings (SSSR count). The highest BCUT2D eigenvalue weighted by molar-refractivity contribution is 7.80. The van der Waals surface area contributed by atoms with E-state index < -0.39 is 5.92 Å². The second kappa shape index (κ2) is 6.67. The molecule has 1 aliphatic rings. The fourth-order valence-electron chi connectivity index (χ4n) is 2.43. The molecule has 1 aromatic rings. The van der Waals surface area contributed by atoms with Crippen LogP contribution in [0.3, 0.4) is 0 Å². The summed E-state index contributed by atoms with van der Waals surface area (Å²) in [6.07, 6.45) is 0.757. The van der Waals surface area contributed by atoms with Gasteiger partial charge >= 0.3 is 0 Å². The second-order valence-corrected chi connectivity index (χ2v) is 5.65. The third-order valence-corrected chi connectivity index (χ3v) is 3.89. The zero-order valence-corrected chi connectivity index (χ0v) is 12.8. The van der Waals surface area contributed by atoms with Gasteiger partial charge in [-0.05, 0) is 12.0 Å². The largest absolute Gasteiger partial charge is 0.392 e. The van der Waals surface area contributed by atoms with E-state index in [0.717, 1.165) is 12.0 Å². The molecule has 1 aromatic carbocycles. The number of hydrogen-bond acceptors (Lipinski definition) is 3. The van der Waals surface area contributed by atoms with Gasteiger partial charge < -0.3 is 15.5 Å². The molecule has 1 heterocycles. The summed E-state index contributed by atoms with van der Waals surface area (Å²) < 4.78 is 0. The first-order chi connectivity index (χ1) is 10.0. The minimum absolute atomic E-state index is 0.0596. The Kier molecular flexibility index (Phi) is 4.90. The molecule has 0 saturated carbocycles. The van der Waals surface area contributed by atoms with E-state index in [9.17, 15) is 9.59 Å². The molecular formula is C15H19N3O2S. The fraction of sp³-hybridized carbons (Fsp3) is 0.400. The average molecular weight is 305 g/mol. The number of carbonyl (C=O) groups is 2. The molecule has 112 valence electrons. The van der Waals surface area contributed by atoms with Gasteiger partial charge in [0.25, 0.3) is 0 Å². The normalized spacial score (nSPS) is 17.3. The Morgan fingerprint density at radius 2 is 1.95 bits per heavy atom. The molecular weight excluding hydrogens is 286 g/mol. The molecule has 2 amide bonds. The molecule has 21 heavy (non-hydrogen) atoms. The van der Waals surface area contributed by atoms with E-state index >= 15 is 0 Å². The Labute approximate surface area is 129 Å². The van der Waals surface area contributed by atoms with Gasteiger partial charge in [0.05, 0.1) is 11.5 Å². The first-order valence-electron chi connectivity index (χ1n) is 6.87. The Morgan fingerprint density at radius 1 is 1.29 bits per heavy atom. The summed E-state index contributed by atoms with van der Waals surface area (Å²) in [5.74, 6) is -0.926. The highest BCUT2D eigenvalue weighted by Crippen LogP contribution is 2.20. The molecule has 0 aromatic heterocycles. The molecule has 1 fully saturated rings. The number of benzene rings is 1. The van der Waals surface area contributed by atoms with Crippen LogP contribution < -0.4 is 5.73 Å². The predicted molar refractivity (Wildman–Crippen MR) is 84.8 cm³/mol. The van der Waals surface area contributed by atoms with Gasteiger partial charge in [-0.3, -0.25) is 9.59 Å². The zero-order chi connectivity index (χ0) is 15.4. The lowest BCUT2D eigenvalue weighted by atomic mass is 9.97. The van der Waals surface area contributed by atoms with E-state index in [0.29, 0.717) is 13.1 Å². The predicted octanol–water partition coefficient (Wildman–Crippen LogP) is 0.747. The molecule has 1 unspecified atom stereocenters. The molecule has 2 N–H and O–H groups in total. The summed E-state index contributed by atoms with van der Waals surface area (Å²) in [6, 6.07) is 9.21. The minimum Gasteiger partial charge on any atom is -0.392 e. The van der Waals surface area contributed by atoms with Crippen LogP contribution in [0.5, 0.6) is 0 Å². The Morgan fingerprint density at radius 3 is 2.57 bits per heavy atom. The zero-order valence-electron chi connectivity index (χ0n) is 12.0. The van der Waals surface area contributed by atoms with Gasteiger partial charge in [-0.25, -0.2) is 0 Å². The Hall–Kier alpha value is -1.95. The number of rotatable bonds is 3. The number of thiocarbonyl (C=S) groups is 1. The summed E-state index contributed by atoms with van der Waals surface area (Å²) in [5.41, 5.74) is 6.53. The topological polar surface area (TPSA) is 66.6 Å². The highest BCUT2D eigenvalue weighted by atomic mass is 32.1. The summed E-state index contributed by atoms with van der Waals surface area (Å²) in [6.45, 7) is 1.29. The molecule has 1 aliphatic heterocycles. The van der Waals surface area contributed by atoms with Gasteiger partial charge in [0.15, 0.2) is 0 Å². The number of nitrogens with zero attached hydrogens (tertiary/aromatic N) is 2. The van der Waals surface area contributed by atoms with Gasteiger partial charge in [0, 0.05) is 20.1 Å². The maximum Gasteiger partial charge on any atom is 0.241 e. The van der Waals surface area contributed by atoms with Crippen molar-refractivity contribution >= 4 is 29.0 Å². The van der Waals surface area contributed by atoms with E-state index in [4.69, 9.17) is 18.0 Å². The molecule has 0 bridgehead atoms. The Balaban J connectivity index is 2.23. The second-order valence-electron chi connectivity index (χ2n) is 5.17. The van der Waals surface area contributed by atoms with Crippen molar-refractivity contribution in [1.29, 1.82) is 0 Å². The van der Waals surface area contributed by atoms with Crippen molar-refractivity contribution in [1.82, 2.24) is 9.80 Å². The van der Waals surface area contributed by atoms with Crippen molar-refractivity contribution in [2.24, 2.45) is 5.73 Å². The van der Waals surface area contributed by atoms with Crippen molar-refractivity contribution in [3.05, 3.63) is 35.9 Å². The van der Waals surface area contributed by atoms with Crippen LogP contribution in [-0.2, 0) is 9.59 Å². The maximum absolute atomic E-state index is 12.7. The first-order valence-corrected chi connectivity index (χ1v) is 7.28. The first kappa shape index (κ1) is 15.4. The number of carbonyl (C=O) groups excluding carboxylic acids is 2. The minimum atomic E-state index is -0.669. The van der Waals surface area contributed by atoms with Crippen LogP contribution in [-0.4, -0.2) is 53.3 Å². The highest BCUT2D eigenvalue weighted by Gasteiger charge is 2.31. The van der Waals surface area contributed by atoms with Gasteiger partial charge in [0.1, 0.15) is 5.92 Å². The lowest BCUT2D eigenvalue weighted by Gasteiger charge is -2.25. The van der Waals surface area contributed by atoms with Crippen LogP contribution in [0.4, 0.5) is 0 Å². The van der Waals surface area contributed by atoms with Crippen molar-refractivity contribution in [2.45, 2.75) is 12.3 Å². The van der Waals surface area contributed by atoms with Crippen molar-refractivity contribution in [3.8, 4) is 0 Å². The van der Waals surface area contributed by atoms with E-state index in [1.54, 1.807) is 16.8 Å². The molecule has 1 atom stereocenters. The van der Waals surface area contributed by atoms with E-state index in [1.807, 2.05) is 30.3 Å². The van der Waals surface area contributed by atoms with Gasteiger partial charge in [0.2, 0.25) is 11.8 Å².